The highest BCUT2D eigenvalue weighted by atomic mass is 16.1. The fourth-order valence-corrected chi connectivity index (χ4v) is 1.38. The molecule has 2 heteroatoms. The Morgan fingerprint density at radius 3 is 1.94 bits per heavy atom. The lowest BCUT2D eigenvalue weighted by molar-refractivity contribution is 0.0956. The lowest BCUT2D eigenvalue weighted by Crippen LogP contribution is -2.22. The largest absolute Gasteiger partial charge is 0.352 e. The molecule has 0 saturated carbocycles. The number of carbonyl (C=O) groups is 1. The van der Waals surface area contributed by atoms with Gasteiger partial charge in [0.05, 0.1) is 0 Å². The summed E-state index contributed by atoms with van der Waals surface area (Å²) in [4.78, 5) is 11.5. The van der Waals surface area contributed by atoms with E-state index in [1.807, 2.05) is 45.0 Å². The van der Waals surface area contributed by atoms with Crippen molar-refractivity contribution < 1.29 is 4.79 Å². The van der Waals surface area contributed by atoms with Crippen molar-refractivity contribution in [1.29, 1.82) is 0 Å². The highest BCUT2D eigenvalue weighted by Gasteiger charge is 2.13. The Morgan fingerprint density at radius 1 is 1.12 bits per heavy atom. The molecule has 0 fully saturated rings. The van der Waals surface area contributed by atoms with E-state index in [1.54, 1.807) is 0 Å². The van der Waals surface area contributed by atoms with E-state index in [4.69, 9.17) is 0 Å². The van der Waals surface area contributed by atoms with Gasteiger partial charge < -0.3 is 5.32 Å². The molecule has 17 heavy (non-hydrogen) atoms. The number of amides is 1. The average Bonchev–Trinajstić information content (AvgIpc) is 2.31. The van der Waals surface area contributed by atoms with Gasteiger partial charge >= 0.3 is 0 Å². The Labute approximate surface area is 105 Å². The Kier molecular flexibility index (Phi) is 6.55. The average molecular weight is 235 g/mol. The molecular weight excluding hydrogens is 210 g/mol. The summed E-state index contributed by atoms with van der Waals surface area (Å²) in [6, 6.07) is 7.80. The maximum absolute atomic E-state index is 11.5. The van der Waals surface area contributed by atoms with Gasteiger partial charge in [-0.05, 0) is 30.0 Å². The first-order valence-electron chi connectivity index (χ1n) is 6.34. The van der Waals surface area contributed by atoms with Crippen LogP contribution in [0.25, 0.3) is 0 Å². The third-order valence-corrected chi connectivity index (χ3v) is 2.35. The fourth-order valence-electron chi connectivity index (χ4n) is 1.38. The standard InChI is InChI=1S/C13H19NO.C2H6/c1-5-14-12(15)10-6-8-11(9-7-10)13(2,3)4;1-2/h6-9H,5H2,1-4H3,(H,14,15);1-2H3. The quantitative estimate of drug-likeness (QED) is 0.831. The van der Waals surface area contributed by atoms with Gasteiger partial charge in [-0.1, -0.05) is 46.8 Å². The van der Waals surface area contributed by atoms with Crippen LogP contribution in [-0.2, 0) is 5.41 Å². The minimum Gasteiger partial charge on any atom is -0.352 e. The second-order valence-electron chi connectivity index (χ2n) is 4.69. The van der Waals surface area contributed by atoms with Crippen LogP contribution in [0, 0.1) is 0 Å². The third kappa shape index (κ3) is 5.03. The van der Waals surface area contributed by atoms with Gasteiger partial charge in [-0.2, -0.15) is 0 Å². The van der Waals surface area contributed by atoms with Crippen molar-refractivity contribution in [2.45, 2.75) is 47.0 Å². The monoisotopic (exact) mass is 235 g/mol. The second kappa shape index (κ2) is 7.10. The molecule has 1 N–H and O–H groups in total. The molecule has 1 amide bonds. The smallest absolute Gasteiger partial charge is 0.251 e. The first-order valence-corrected chi connectivity index (χ1v) is 6.34. The molecule has 0 heterocycles. The van der Waals surface area contributed by atoms with E-state index in [-0.39, 0.29) is 11.3 Å². The Bertz CT molecular complexity index is 333. The molecule has 2 nitrogen and oxygen atoms in total. The molecule has 1 rings (SSSR count). The van der Waals surface area contributed by atoms with Gasteiger partial charge in [0.1, 0.15) is 0 Å². The summed E-state index contributed by atoms with van der Waals surface area (Å²) in [6.07, 6.45) is 0. The van der Waals surface area contributed by atoms with Crippen molar-refractivity contribution in [3.8, 4) is 0 Å². The van der Waals surface area contributed by atoms with Crippen LogP contribution >= 0.6 is 0 Å². The summed E-state index contributed by atoms with van der Waals surface area (Å²) in [6.45, 7) is 13.1. The van der Waals surface area contributed by atoms with Crippen LogP contribution in [-0.4, -0.2) is 12.5 Å². The molecule has 0 aliphatic heterocycles. The number of hydrogen-bond acceptors (Lipinski definition) is 1. The minimum atomic E-state index is -0.00189. The molecule has 0 aliphatic carbocycles. The van der Waals surface area contributed by atoms with E-state index >= 15 is 0 Å². The zero-order chi connectivity index (χ0) is 13.5. The van der Waals surface area contributed by atoms with Gasteiger partial charge in [-0.3, -0.25) is 4.79 Å². The van der Waals surface area contributed by atoms with E-state index in [0.29, 0.717) is 6.54 Å². The van der Waals surface area contributed by atoms with Gasteiger partial charge in [-0.15, -0.1) is 0 Å². The molecule has 0 bridgehead atoms. The molecule has 96 valence electrons. The molecule has 0 aromatic heterocycles. The predicted octanol–water partition coefficient (Wildman–Crippen LogP) is 3.76. The van der Waals surface area contributed by atoms with E-state index in [0.717, 1.165) is 5.56 Å². The molecule has 0 atom stereocenters. The van der Waals surface area contributed by atoms with Gasteiger partial charge in [0.2, 0.25) is 0 Å². The number of nitrogens with one attached hydrogen (secondary N) is 1. The lowest BCUT2D eigenvalue weighted by Gasteiger charge is -2.18. The van der Waals surface area contributed by atoms with E-state index in [9.17, 15) is 4.79 Å². The van der Waals surface area contributed by atoms with Crippen LogP contribution in [0.4, 0.5) is 0 Å². The van der Waals surface area contributed by atoms with Gasteiger partial charge in [-0.25, -0.2) is 0 Å². The Morgan fingerprint density at radius 2 is 1.59 bits per heavy atom. The molecule has 0 aliphatic rings. The molecule has 1 aromatic rings. The van der Waals surface area contributed by atoms with Gasteiger partial charge in [0.15, 0.2) is 0 Å². The Balaban J connectivity index is 0.00000121. The van der Waals surface area contributed by atoms with Crippen molar-refractivity contribution in [3.63, 3.8) is 0 Å². The van der Waals surface area contributed by atoms with Crippen LogP contribution in [0.2, 0.25) is 0 Å². The zero-order valence-corrected chi connectivity index (χ0v) is 11.9. The summed E-state index contributed by atoms with van der Waals surface area (Å²) in [5.74, 6) is -0.00189. The summed E-state index contributed by atoms with van der Waals surface area (Å²) >= 11 is 0. The SMILES string of the molecule is CC.CCNC(=O)c1ccc(C(C)(C)C)cc1. The van der Waals surface area contributed by atoms with Crippen LogP contribution in [0.5, 0.6) is 0 Å². The minimum absolute atomic E-state index is 0.00189. The number of rotatable bonds is 2. The van der Waals surface area contributed by atoms with Gasteiger partial charge in [0.25, 0.3) is 5.91 Å². The highest BCUT2D eigenvalue weighted by molar-refractivity contribution is 5.94. The molecular formula is C15H25NO. The van der Waals surface area contributed by atoms with Crippen LogP contribution in [0.15, 0.2) is 24.3 Å². The number of carbonyl (C=O) groups excluding carboxylic acids is 1. The van der Waals surface area contributed by atoms with E-state index in [2.05, 4.69) is 26.1 Å². The Hall–Kier alpha value is -1.31. The molecule has 0 saturated heterocycles. The zero-order valence-electron chi connectivity index (χ0n) is 11.9. The highest BCUT2D eigenvalue weighted by Crippen LogP contribution is 2.22. The second-order valence-corrected chi connectivity index (χ2v) is 4.69. The molecule has 0 spiro atoms. The number of hydrogen-bond donors (Lipinski definition) is 1. The van der Waals surface area contributed by atoms with Crippen molar-refractivity contribution in [2.24, 2.45) is 0 Å². The van der Waals surface area contributed by atoms with E-state index < -0.39 is 0 Å². The predicted molar refractivity (Wildman–Crippen MR) is 74.5 cm³/mol. The first kappa shape index (κ1) is 15.7. The summed E-state index contributed by atoms with van der Waals surface area (Å²) in [7, 11) is 0. The maximum Gasteiger partial charge on any atom is 0.251 e. The van der Waals surface area contributed by atoms with Crippen LogP contribution in [0.3, 0.4) is 0 Å². The van der Waals surface area contributed by atoms with Crippen molar-refractivity contribution in [2.75, 3.05) is 6.54 Å². The topological polar surface area (TPSA) is 29.1 Å². The lowest BCUT2D eigenvalue weighted by atomic mass is 9.87. The van der Waals surface area contributed by atoms with Crippen molar-refractivity contribution in [1.82, 2.24) is 5.32 Å². The maximum atomic E-state index is 11.5. The molecule has 0 unspecified atom stereocenters. The molecule has 0 radical (unpaired) electrons. The van der Waals surface area contributed by atoms with Crippen LogP contribution < -0.4 is 5.32 Å². The third-order valence-electron chi connectivity index (χ3n) is 2.35. The molecule has 1 aromatic carbocycles. The van der Waals surface area contributed by atoms with Crippen molar-refractivity contribution >= 4 is 5.91 Å². The number of benzene rings is 1. The van der Waals surface area contributed by atoms with Gasteiger partial charge in [0, 0.05) is 12.1 Å². The normalized spacial score (nSPS) is 10.2. The first-order chi connectivity index (χ1) is 7.95. The summed E-state index contributed by atoms with van der Waals surface area (Å²) in [5.41, 5.74) is 2.11. The van der Waals surface area contributed by atoms with Crippen molar-refractivity contribution in [3.05, 3.63) is 35.4 Å². The fraction of sp³-hybridized carbons (Fsp3) is 0.533. The van der Waals surface area contributed by atoms with E-state index in [1.165, 1.54) is 5.56 Å². The van der Waals surface area contributed by atoms with Crippen LogP contribution in [0.1, 0.15) is 57.5 Å². The summed E-state index contributed by atoms with van der Waals surface area (Å²) in [5, 5.41) is 2.78. The summed E-state index contributed by atoms with van der Waals surface area (Å²) < 4.78 is 0.